The Kier molecular flexibility index (Phi) is 4.29. The molecule has 3 nitrogen and oxygen atoms in total. The Bertz CT molecular complexity index is 393. The molecule has 0 aliphatic carbocycles. The summed E-state index contributed by atoms with van der Waals surface area (Å²) >= 11 is 0. The van der Waals surface area contributed by atoms with E-state index in [2.05, 4.69) is 0 Å². The first-order chi connectivity index (χ1) is 7.83. The van der Waals surface area contributed by atoms with Crippen LogP contribution in [0.15, 0.2) is 24.3 Å². The third-order valence-electron chi connectivity index (χ3n) is 2.54. The van der Waals surface area contributed by atoms with Gasteiger partial charge >= 0.3 is 0 Å². The van der Waals surface area contributed by atoms with Gasteiger partial charge in [-0.25, -0.2) is 0 Å². The van der Waals surface area contributed by atoms with Crippen LogP contribution < -0.4 is 10.6 Å². The topological polar surface area (TPSA) is 46.3 Å². The predicted molar refractivity (Wildman–Crippen MR) is 72.1 cm³/mol. The molecule has 0 unspecified atom stereocenters. The maximum absolute atomic E-state index is 12.1. The molecule has 0 aliphatic rings. The van der Waals surface area contributed by atoms with E-state index in [4.69, 9.17) is 5.73 Å². The molecule has 0 saturated heterocycles. The van der Waals surface area contributed by atoms with Crippen molar-refractivity contribution in [1.29, 1.82) is 0 Å². The molecule has 3 heteroatoms. The molecule has 17 heavy (non-hydrogen) atoms. The highest BCUT2D eigenvalue weighted by atomic mass is 16.2. The van der Waals surface area contributed by atoms with E-state index in [1.165, 1.54) is 0 Å². The molecule has 0 spiro atoms. The van der Waals surface area contributed by atoms with Crippen molar-refractivity contribution in [3.8, 4) is 0 Å². The fourth-order valence-electron chi connectivity index (χ4n) is 1.78. The average molecular weight is 234 g/mol. The first-order valence-electron chi connectivity index (χ1n) is 5.99. The van der Waals surface area contributed by atoms with Gasteiger partial charge in [0.15, 0.2) is 0 Å². The molecule has 0 fully saturated rings. The molecule has 1 rings (SSSR count). The van der Waals surface area contributed by atoms with Crippen LogP contribution >= 0.6 is 0 Å². The number of anilines is 1. The van der Waals surface area contributed by atoms with E-state index in [1.54, 1.807) is 4.90 Å². The summed E-state index contributed by atoms with van der Waals surface area (Å²) < 4.78 is 0. The van der Waals surface area contributed by atoms with Gasteiger partial charge < -0.3 is 10.6 Å². The summed E-state index contributed by atoms with van der Waals surface area (Å²) in [6.45, 7) is 8.40. The van der Waals surface area contributed by atoms with Crippen LogP contribution in [-0.4, -0.2) is 18.0 Å². The van der Waals surface area contributed by atoms with Gasteiger partial charge in [0.2, 0.25) is 5.91 Å². The number of nitrogens with two attached hydrogens (primary N) is 1. The van der Waals surface area contributed by atoms with Crippen molar-refractivity contribution < 1.29 is 4.79 Å². The van der Waals surface area contributed by atoms with Gasteiger partial charge in [-0.1, -0.05) is 12.1 Å². The maximum atomic E-state index is 12.1. The van der Waals surface area contributed by atoms with Gasteiger partial charge in [-0.3, -0.25) is 4.79 Å². The zero-order chi connectivity index (χ0) is 13.1. The van der Waals surface area contributed by atoms with E-state index in [0.717, 1.165) is 11.3 Å². The maximum Gasteiger partial charge on any atom is 0.228 e. The Hall–Kier alpha value is -1.35. The molecule has 0 aromatic heterocycles. The molecule has 0 radical (unpaired) electrons. The number of nitrogens with zero attached hydrogens (tertiary/aromatic N) is 1. The molecule has 0 bridgehead atoms. The molecule has 0 aliphatic heterocycles. The Morgan fingerprint density at radius 1 is 1.41 bits per heavy atom. The zero-order valence-corrected chi connectivity index (χ0v) is 11.2. The molecular formula is C14H22N2O. The number of aryl methyl sites for hydroxylation is 1. The molecule has 1 aromatic carbocycles. The second-order valence-electron chi connectivity index (χ2n) is 5.14. The summed E-state index contributed by atoms with van der Waals surface area (Å²) in [4.78, 5) is 13.9. The summed E-state index contributed by atoms with van der Waals surface area (Å²) in [5.74, 6) is 0.0746. The lowest BCUT2D eigenvalue weighted by Gasteiger charge is -2.26. The SMILES string of the molecule is CCN(C(=O)CC(C)(C)N)c1cccc(C)c1. The summed E-state index contributed by atoms with van der Waals surface area (Å²) in [5, 5.41) is 0. The Morgan fingerprint density at radius 2 is 2.06 bits per heavy atom. The highest BCUT2D eigenvalue weighted by molar-refractivity contribution is 5.94. The van der Waals surface area contributed by atoms with Crippen LogP contribution in [0.3, 0.4) is 0 Å². The largest absolute Gasteiger partial charge is 0.325 e. The van der Waals surface area contributed by atoms with Gasteiger partial charge in [0.25, 0.3) is 0 Å². The van der Waals surface area contributed by atoms with E-state index in [0.29, 0.717) is 13.0 Å². The predicted octanol–water partition coefficient (Wildman–Crippen LogP) is 2.48. The number of hydrogen-bond donors (Lipinski definition) is 1. The molecule has 0 saturated carbocycles. The molecule has 2 N–H and O–H groups in total. The monoisotopic (exact) mass is 234 g/mol. The van der Waals surface area contributed by atoms with Gasteiger partial charge in [-0.2, -0.15) is 0 Å². The summed E-state index contributed by atoms with van der Waals surface area (Å²) in [5.41, 5.74) is 7.52. The van der Waals surface area contributed by atoms with Crippen LogP contribution in [0.4, 0.5) is 5.69 Å². The van der Waals surface area contributed by atoms with Gasteiger partial charge in [0, 0.05) is 24.2 Å². The minimum atomic E-state index is -0.464. The van der Waals surface area contributed by atoms with E-state index in [1.807, 2.05) is 52.0 Å². The Morgan fingerprint density at radius 3 is 2.53 bits per heavy atom. The van der Waals surface area contributed by atoms with Crippen molar-refractivity contribution in [3.05, 3.63) is 29.8 Å². The number of amides is 1. The number of carbonyl (C=O) groups is 1. The van der Waals surface area contributed by atoms with Gasteiger partial charge in [-0.15, -0.1) is 0 Å². The van der Waals surface area contributed by atoms with Crippen LogP contribution in [-0.2, 0) is 4.79 Å². The summed E-state index contributed by atoms with van der Waals surface area (Å²) in [6.07, 6.45) is 0.356. The second kappa shape index (κ2) is 5.32. The van der Waals surface area contributed by atoms with Crippen molar-refractivity contribution in [2.24, 2.45) is 5.73 Å². The smallest absolute Gasteiger partial charge is 0.228 e. The molecule has 0 heterocycles. The first-order valence-corrected chi connectivity index (χ1v) is 5.99. The van der Waals surface area contributed by atoms with E-state index < -0.39 is 5.54 Å². The van der Waals surface area contributed by atoms with Crippen molar-refractivity contribution in [3.63, 3.8) is 0 Å². The fourth-order valence-corrected chi connectivity index (χ4v) is 1.78. The van der Waals surface area contributed by atoms with Gasteiger partial charge in [0.05, 0.1) is 0 Å². The van der Waals surface area contributed by atoms with Crippen molar-refractivity contribution in [2.75, 3.05) is 11.4 Å². The molecule has 1 aromatic rings. The van der Waals surface area contributed by atoms with Crippen molar-refractivity contribution >= 4 is 11.6 Å². The zero-order valence-electron chi connectivity index (χ0n) is 11.2. The van der Waals surface area contributed by atoms with Crippen molar-refractivity contribution in [1.82, 2.24) is 0 Å². The molecule has 1 amide bonds. The van der Waals surface area contributed by atoms with Crippen molar-refractivity contribution in [2.45, 2.75) is 39.7 Å². The normalized spacial score (nSPS) is 11.4. The lowest BCUT2D eigenvalue weighted by atomic mass is 10.0. The highest BCUT2D eigenvalue weighted by Gasteiger charge is 2.21. The van der Waals surface area contributed by atoms with E-state index in [-0.39, 0.29) is 5.91 Å². The quantitative estimate of drug-likeness (QED) is 0.870. The number of rotatable bonds is 4. The Balaban J connectivity index is 2.88. The standard InChI is InChI=1S/C14H22N2O/c1-5-16(13(17)10-14(3,4)15)12-8-6-7-11(2)9-12/h6-9H,5,10,15H2,1-4H3. The minimum absolute atomic E-state index is 0.0746. The van der Waals surface area contributed by atoms with Crippen LogP contribution in [0.25, 0.3) is 0 Å². The van der Waals surface area contributed by atoms with Gasteiger partial charge in [-0.05, 0) is 45.4 Å². The van der Waals surface area contributed by atoms with Crippen LogP contribution in [0, 0.1) is 6.92 Å². The first kappa shape index (κ1) is 13.7. The van der Waals surface area contributed by atoms with Crippen LogP contribution in [0.5, 0.6) is 0 Å². The second-order valence-corrected chi connectivity index (χ2v) is 5.14. The minimum Gasteiger partial charge on any atom is -0.325 e. The lowest BCUT2D eigenvalue weighted by Crippen LogP contribution is -2.41. The number of carbonyl (C=O) groups excluding carboxylic acids is 1. The Labute approximate surface area is 104 Å². The highest BCUT2D eigenvalue weighted by Crippen LogP contribution is 2.18. The lowest BCUT2D eigenvalue weighted by molar-refractivity contribution is -0.119. The van der Waals surface area contributed by atoms with Crippen LogP contribution in [0.2, 0.25) is 0 Å². The van der Waals surface area contributed by atoms with Gasteiger partial charge in [0.1, 0.15) is 0 Å². The fraction of sp³-hybridized carbons (Fsp3) is 0.500. The van der Waals surface area contributed by atoms with E-state index >= 15 is 0 Å². The molecular weight excluding hydrogens is 212 g/mol. The number of hydrogen-bond acceptors (Lipinski definition) is 2. The summed E-state index contributed by atoms with van der Waals surface area (Å²) in [7, 11) is 0. The third-order valence-corrected chi connectivity index (χ3v) is 2.54. The summed E-state index contributed by atoms with van der Waals surface area (Å²) in [6, 6.07) is 7.96. The molecule has 94 valence electrons. The average Bonchev–Trinajstić information content (AvgIpc) is 2.15. The third kappa shape index (κ3) is 4.19. The van der Waals surface area contributed by atoms with E-state index in [9.17, 15) is 4.79 Å². The number of benzene rings is 1. The van der Waals surface area contributed by atoms with Crippen LogP contribution in [0.1, 0.15) is 32.8 Å². The molecule has 0 atom stereocenters.